The summed E-state index contributed by atoms with van der Waals surface area (Å²) in [6.45, 7) is 0. The number of fused-ring (bicyclic) bond motifs is 2. The van der Waals surface area contributed by atoms with Gasteiger partial charge in [-0.15, -0.1) is 0 Å². The van der Waals surface area contributed by atoms with Gasteiger partial charge in [-0.25, -0.2) is 4.79 Å². The van der Waals surface area contributed by atoms with E-state index in [2.05, 4.69) is 0 Å². The van der Waals surface area contributed by atoms with Gasteiger partial charge < -0.3 is 4.74 Å². The van der Waals surface area contributed by atoms with Gasteiger partial charge >= 0.3 is 5.97 Å². The van der Waals surface area contributed by atoms with Crippen LogP contribution in [0.3, 0.4) is 0 Å². The highest BCUT2D eigenvalue weighted by Crippen LogP contribution is 2.21. The second-order valence-corrected chi connectivity index (χ2v) is 3.80. The Balaban J connectivity index is 2.44. The van der Waals surface area contributed by atoms with Crippen molar-refractivity contribution >= 4 is 17.8 Å². The summed E-state index contributed by atoms with van der Waals surface area (Å²) in [4.78, 5) is 11.7. The summed E-state index contributed by atoms with van der Waals surface area (Å²) >= 11 is 0. The number of hydrogen-bond donors (Lipinski definition) is 0. The predicted octanol–water partition coefficient (Wildman–Crippen LogP) is 1.02. The van der Waals surface area contributed by atoms with Crippen LogP contribution in [0.2, 0.25) is 0 Å². The maximum absolute atomic E-state index is 11.7. The summed E-state index contributed by atoms with van der Waals surface area (Å²) in [6.07, 6.45) is 8.08. The van der Waals surface area contributed by atoms with Crippen LogP contribution in [0.4, 0.5) is 0 Å². The Kier molecular flexibility index (Phi) is 2.00. The summed E-state index contributed by atoms with van der Waals surface area (Å²) in [5.41, 5.74) is 1.72. The van der Waals surface area contributed by atoms with Gasteiger partial charge in [-0.05, 0) is 23.3 Å². The smallest absolute Gasteiger partial charge is 0.343 e. The molecule has 1 aromatic rings. The van der Waals surface area contributed by atoms with Crippen LogP contribution in [-0.4, -0.2) is 5.97 Å². The third kappa shape index (κ3) is 1.31. The molecular weight excluding hydrogens is 200 g/mol. The number of rotatable bonds is 0. The summed E-state index contributed by atoms with van der Waals surface area (Å²) in [5, 5.41) is 2.05. The molecule has 1 aliphatic carbocycles. The molecule has 1 heterocycles. The molecule has 3 rings (SSSR count). The van der Waals surface area contributed by atoms with E-state index in [1.165, 1.54) is 6.26 Å². The number of hydrogen-bond acceptors (Lipinski definition) is 2. The van der Waals surface area contributed by atoms with Crippen LogP contribution in [0.5, 0.6) is 0 Å². The van der Waals surface area contributed by atoms with E-state index in [4.69, 9.17) is 4.74 Å². The lowest BCUT2D eigenvalue weighted by Gasteiger charge is -2.09. The van der Waals surface area contributed by atoms with Gasteiger partial charge in [0, 0.05) is 5.22 Å². The Bertz CT molecular complexity index is 633. The van der Waals surface area contributed by atoms with Crippen molar-refractivity contribution < 1.29 is 9.53 Å². The van der Waals surface area contributed by atoms with Crippen LogP contribution >= 0.6 is 0 Å². The lowest BCUT2D eigenvalue weighted by Crippen LogP contribution is -2.26. The van der Waals surface area contributed by atoms with Gasteiger partial charge in [0.1, 0.15) is 6.26 Å². The fraction of sp³-hybridized carbons (Fsp3) is 0.0714. The van der Waals surface area contributed by atoms with Gasteiger partial charge in [-0.3, -0.25) is 0 Å². The molecule has 1 aliphatic heterocycles. The number of carbonyl (C=O) groups excluding carboxylic acids is 1. The average Bonchev–Trinajstić information content (AvgIpc) is 2.49. The van der Waals surface area contributed by atoms with E-state index in [0.717, 1.165) is 22.4 Å². The molecule has 2 heteroatoms. The molecule has 0 bridgehead atoms. The monoisotopic (exact) mass is 210 g/mol. The highest BCUT2D eigenvalue weighted by Gasteiger charge is 2.19. The van der Waals surface area contributed by atoms with Gasteiger partial charge in [0.2, 0.25) is 0 Å². The molecule has 2 nitrogen and oxygen atoms in total. The number of benzene rings is 1. The summed E-state index contributed by atoms with van der Waals surface area (Å²) in [5.74, 6) is -0.268. The molecule has 0 amide bonds. The predicted molar refractivity (Wildman–Crippen MR) is 61.5 cm³/mol. The minimum absolute atomic E-state index is 0.268. The van der Waals surface area contributed by atoms with Crippen LogP contribution in [0.1, 0.15) is 6.42 Å². The fourth-order valence-corrected chi connectivity index (χ4v) is 2.06. The van der Waals surface area contributed by atoms with E-state index in [9.17, 15) is 4.79 Å². The average molecular weight is 210 g/mol. The van der Waals surface area contributed by atoms with Crippen molar-refractivity contribution in [3.05, 3.63) is 58.5 Å². The minimum atomic E-state index is -0.268. The first kappa shape index (κ1) is 9.16. The molecule has 0 saturated heterocycles. The van der Waals surface area contributed by atoms with Crippen LogP contribution in [0.15, 0.2) is 48.1 Å². The maximum atomic E-state index is 11.7. The largest absolute Gasteiger partial charge is 0.430 e. The Morgan fingerprint density at radius 3 is 3.00 bits per heavy atom. The van der Waals surface area contributed by atoms with Crippen LogP contribution in [0, 0.1) is 0 Å². The lowest BCUT2D eigenvalue weighted by molar-refractivity contribution is -0.131. The van der Waals surface area contributed by atoms with E-state index in [0.29, 0.717) is 5.57 Å². The van der Waals surface area contributed by atoms with Crippen molar-refractivity contribution in [2.45, 2.75) is 6.42 Å². The normalized spacial score (nSPS) is 17.6. The van der Waals surface area contributed by atoms with Crippen molar-refractivity contribution in [3.8, 4) is 0 Å². The molecule has 0 unspecified atom stereocenters. The number of esters is 1. The van der Waals surface area contributed by atoms with Crippen molar-refractivity contribution in [1.82, 2.24) is 0 Å². The third-order valence-corrected chi connectivity index (χ3v) is 2.84. The van der Waals surface area contributed by atoms with E-state index in [1.54, 1.807) is 0 Å². The van der Waals surface area contributed by atoms with Crippen LogP contribution in [-0.2, 0) is 9.53 Å². The molecule has 0 atom stereocenters. The molecule has 0 aromatic heterocycles. The molecule has 78 valence electrons. The molecule has 16 heavy (non-hydrogen) atoms. The van der Waals surface area contributed by atoms with Crippen molar-refractivity contribution in [1.29, 1.82) is 0 Å². The number of cyclic esters (lactones) is 1. The highest BCUT2D eigenvalue weighted by molar-refractivity contribution is 6.04. The Morgan fingerprint density at radius 1 is 1.19 bits per heavy atom. The lowest BCUT2D eigenvalue weighted by atomic mass is 9.95. The Labute approximate surface area is 92.9 Å². The van der Waals surface area contributed by atoms with Crippen LogP contribution in [0.25, 0.3) is 11.8 Å². The van der Waals surface area contributed by atoms with Gasteiger partial charge in [0.05, 0.1) is 5.57 Å². The van der Waals surface area contributed by atoms with E-state index in [-0.39, 0.29) is 5.97 Å². The van der Waals surface area contributed by atoms with Crippen molar-refractivity contribution in [2.75, 3.05) is 0 Å². The molecule has 0 spiro atoms. The van der Waals surface area contributed by atoms with Crippen LogP contribution < -0.4 is 10.4 Å². The number of allylic oxidation sites excluding steroid dienone is 3. The second kappa shape index (κ2) is 3.49. The van der Waals surface area contributed by atoms with E-state index >= 15 is 0 Å². The van der Waals surface area contributed by atoms with Crippen molar-refractivity contribution in [2.24, 2.45) is 0 Å². The van der Waals surface area contributed by atoms with Gasteiger partial charge in [-0.1, -0.05) is 36.4 Å². The van der Waals surface area contributed by atoms with Gasteiger partial charge in [0.25, 0.3) is 0 Å². The second-order valence-electron chi connectivity index (χ2n) is 3.80. The quantitative estimate of drug-likeness (QED) is 0.597. The Hall–Kier alpha value is -2.09. The number of ether oxygens (including phenoxy) is 1. The Morgan fingerprint density at radius 2 is 2.06 bits per heavy atom. The number of carbonyl (C=O) groups is 1. The first-order chi connectivity index (χ1) is 7.86. The third-order valence-electron chi connectivity index (χ3n) is 2.84. The minimum Gasteiger partial charge on any atom is -0.430 e. The zero-order valence-corrected chi connectivity index (χ0v) is 8.64. The maximum Gasteiger partial charge on any atom is 0.343 e. The first-order valence-electron chi connectivity index (χ1n) is 5.23. The van der Waals surface area contributed by atoms with E-state index in [1.807, 2.05) is 42.5 Å². The fourth-order valence-electron chi connectivity index (χ4n) is 2.06. The molecule has 1 aromatic carbocycles. The molecule has 0 saturated carbocycles. The topological polar surface area (TPSA) is 26.3 Å². The molecule has 0 radical (unpaired) electrons. The zero-order chi connectivity index (χ0) is 11.0. The molecule has 2 aliphatic rings. The summed E-state index contributed by atoms with van der Waals surface area (Å²) in [7, 11) is 0. The SMILES string of the molecule is O=C1OC=c2ccccc2=C2CC=CC=C12. The standard InChI is InChI=1S/C14H10O2/c15-14-13-8-4-3-7-12(13)11-6-2-1-5-10(11)9-16-14/h1-6,8-9H,7H2. The molecule has 0 fully saturated rings. The van der Waals surface area contributed by atoms with E-state index < -0.39 is 0 Å². The summed E-state index contributed by atoms with van der Waals surface area (Å²) in [6, 6.07) is 7.90. The van der Waals surface area contributed by atoms with Crippen molar-refractivity contribution in [3.63, 3.8) is 0 Å². The highest BCUT2D eigenvalue weighted by atomic mass is 16.5. The van der Waals surface area contributed by atoms with Gasteiger partial charge in [0.15, 0.2) is 0 Å². The molecule has 0 N–H and O–H groups in total. The molecular formula is C14H10O2. The summed E-state index contributed by atoms with van der Waals surface area (Å²) < 4.78 is 5.11. The van der Waals surface area contributed by atoms with Gasteiger partial charge in [-0.2, -0.15) is 0 Å². The first-order valence-corrected chi connectivity index (χ1v) is 5.23. The zero-order valence-electron chi connectivity index (χ0n) is 8.64.